The van der Waals surface area contributed by atoms with Gasteiger partial charge in [-0.1, -0.05) is 23.4 Å². The van der Waals surface area contributed by atoms with Gasteiger partial charge >= 0.3 is 0 Å². The highest BCUT2D eigenvalue weighted by Crippen LogP contribution is 2.25. The third kappa shape index (κ3) is 5.38. The van der Waals surface area contributed by atoms with E-state index in [-0.39, 0.29) is 11.5 Å². The van der Waals surface area contributed by atoms with Crippen molar-refractivity contribution in [2.24, 2.45) is 0 Å². The van der Waals surface area contributed by atoms with E-state index in [0.29, 0.717) is 60.6 Å². The molecule has 0 spiro atoms. The van der Waals surface area contributed by atoms with Crippen LogP contribution in [-0.2, 0) is 19.6 Å². The van der Waals surface area contributed by atoms with E-state index in [1.165, 1.54) is 10.4 Å². The molecule has 1 N–H and O–H groups in total. The molecule has 1 amide bonds. The minimum Gasteiger partial charge on any atom is -0.484 e. The van der Waals surface area contributed by atoms with E-state index in [0.717, 1.165) is 0 Å². The molecule has 1 aliphatic rings. The number of rotatable bonds is 7. The summed E-state index contributed by atoms with van der Waals surface area (Å²) in [6.45, 7) is 4.49. The summed E-state index contributed by atoms with van der Waals surface area (Å²) in [5.41, 5.74) is 1.67. The van der Waals surface area contributed by atoms with Crippen LogP contribution in [0.3, 0.4) is 0 Å². The summed E-state index contributed by atoms with van der Waals surface area (Å²) in [6.07, 6.45) is 0. The highest BCUT2D eigenvalue weighted by atomic mass is 32.2. The Balaban J connectivity index is 1.41. The molecule has 2 aromatic carbocycles. The highest BCUT2D eigenvalue weighted by molar-refractivity contribution is 7.89. The Morgan fingerprint density at radius 3 is 2.67 bits per heavy atom. The summed E-state index contributed by atoms with van der Waals surface area (Å²) >= 11 is 0. The molecule has 174 valence electrons. The number of nitrogens with one attached hydrogen (secondary N) is 1. The number of benzene rings is 2. The number of nitrogens with zero attached hydrogens (tertiary/aromatic N) is 3. The minimum absolute atomic E-state index is 0.159. The summed E-state index contributed by atoms with van der Waals surface area (Å²) < 4.78 is 43.3. The lowest BCUT2D eigenvalue weighted by Crippen LogP contribution is -2.40. The summed E-state index contributed by atoms with van der Waals surface area (Å²) in [7, 11) is -3.68. The van der Waals surface area contributed by atoms with E-state index in [2.05, 4.69) is 15.5 Å². The molecule has 2 heterocycles. The maximum atomic E-state index is 13.0. The number of ether oxygens (including phenoxy) is 2. The predicted octanol–water partition coefficient (Wildman–Crippen LogP) is 2.39. The quantitative estimate of drug-likeness (QED) is 0.556. The zero-order valence-corrected chi connectivity index (χ0v) is 19.1. The van der Waals surface area contributed by atoms with Crippen molar-refractivity contribution in [2.75, 3.05) is 38.2 Å². The largest absolute Gasteiger partial charge is 0.484 e. The fourth-order valence-corrected chi connectivity index (χ4v) is 5.03. The fraction of sp³-hybridized carbons (Fsp3) is 0.318. The SMILES string of the molecule is Cc1nc(-c2cccc(OCC(=O)Nc3ccc(C)c(S(=O)(=O)N4CCOCC4)c3)c2)no1. The molecule has 1 aromatic heterocycles. The van der Waals surface area contributed by atoms with E-state index in [4.69, 9.17) is 14.0 Å². The summed E-state index contributed by atoms with van der Waals surface area (Å²) in [5, 5.41) is 6.56. The van der Waals surface area contributed by atoms with Gasteiger partial charge in [0.15, 0.2) is 6.61 Å². The zero-order chi connectivity index (χ0) is 23.4. The van der Waals surface area contributed by atoms with Gasteiger partial charge in [0, 0.05) is 31.3 Å². The molecule has 0 radical (unpaired) electrons. The smallest absolute Gasteiger partial charge is 0.262 e. The third-order valence-corrected chi connectivity index (χ3v) is 7.09. The molecule has 0 saturated carbocycles. The Labute approximate surface area is 191 Å². The topological polar surface area (TPSA) is 124 Å². The van der Waals surface area contributed by atoms with Gasteiger partial charge in [0.2, 0.25) is 21.7 Å². The third-order valence-electron chi connectivity index (χ3n) is 5.05. The molecule has 1 fully saturated rings. The maximum absolute atomic E-state index is 13.0. The van der Waals surface area contributed by atoms with E-state index in [1.807, 2.05) is 0 Å². The Morgan fingerprint density at radius 2 is 1.94 bits per heavy atom. The van der Waals surface area contributed by atoms with Crippen molar-refractivity contribution >= 4 is 21.6 Å². The molecule has 0 aliphatic carbocycles. The molecule has 0 bridgehead atoms. The van der Waals surface area contributed by atoms with E-state index in [1.54, 1.807) is 50.2 Å². The molecule has 11 heteroatoms. The van der Waals surface area contributed by atoms with Crippen molar-refractivity contribution in [1.82, 2.24) is 14.4 Å². The van der Waals surface area contributed by atoms with Gasteiger partial charge in [-0.2, -0.15) is 9.29 Å². The summed E-state index contributed by atoms with van der Waals surface area (Å²) in [5.74, 6) is 0.916. The lowest BCUT2D eigenvalue weighted by molar-refractivity contribution is -0.118. The molecular formula is C22H24N4O6S. The molecule has 33 heavy (non-hydrogen) atoms. The van der Waals surface area contributed by atoms with E-state index in [9.17, 15) is 13.2 Å². The Kier molecular flexibility index (Phi) is 6.72. The molecule has 1 aliphatic heterocycles. The van der Waals surface area contributed by atoms with E-state index < -0.39 is 15.9 Å². The number of hydrogen-bond acceptors (Lipinski definition) is 8. The molecule has 0 unspecified atom stereocenters. The van der Waals surface area contributed by atoms with Gasteiger partial charge in [-0.05, 0) is 36.8 Å². The number of morpholine rings is 1. The van der Waals surface area contributed by atoms with Crippen molar-refractivity contribution in [2.45, 2.75) is 18.7 Å². The number of anilines is 1. The first-order valence-electron chi connectivity index (χ1n) is 10.3. The van der Waals surface area contributed by atoms with Crippen LogP contribution < -0.4 is 10.1 Å². The second-order valence-electron chi connectivity index (χ2n) is 7.50. The highest BCUT2D eigenvalue weighted by Gasteiger charge is 2.28. The Hall–Kier alpha value is -3.28. The van der Waals surface area contributed by atoms with Crippen molar-refractivity contribution in [3.63, 3.8) is 0 Å². The van der Waals surface area contributed by atoms with Gasteiger partial charge in [-0.3, -0.25) is 4.79 Å². The van der Waals surface area contributed by atoms with Crippen molar-refractivity contribution in [3.8, 4) is 17.1 Å². The van der Waals surface area contributed by atoms with Crippen LogP contribution in [-0.4, -0.2) is 61.7 Å². The van der Waals surface area contributed by atoms with Gasteiger partial charge in [0.1, 0.15) is 5.75 Å². The van der Waals surface area contributed by atoms with Crippen molar-refractivity contribution in [1.29, 1.82) is 0 Å². The van der Waals surface area contributed by atoms with Crippen LogP contribution >= 0.6 is 0 Å². The summed E-state index contributed by atoms with van der Waals surface area (Å²) in [4.78, 5) is 16.8. The standard InChI is InChI=1S/C22H24N4O6S/c1-15-6-7-18(13-20(15)33(28,29)26-8-10-30-11-9-26)24-21(27)14-31-19-5-3-4-17(12-19)22-23-16(2)32-25-22/h3-7,12-13H,8-11,14H2,1-2H3,(H,24,27). The average Bonchev–Trinajstić information content (AvgIpc) is 3.26. The Morgan fingerprint density at radius 1 is 1.15 bits per heavy atom. The average molecular weight is 473 g/mol. The van der Waals surface area contributed by atoms with Crippen molar-refractivity contribution < 1.29 is 27.2 Å². The first kappa shape index (κ1) is 22.9. The van der Waals surface area contributed by atoms with Crippen LogP contribution in [0.1, 0.15) is 11.5 Å². The van der Waals surface area contributed by atoms with E-state index >= 15 is 0 Å². The molecule has 4 rings (SSSR count). The van der Waals surface area contributed by atoms with Crippen molar-refractivity contribution in [3.05, 3.63) is 53.9 Å². The number of carbonyl (C=O) groups excluding carboxylic acids is 1. The molecule has 1 saturated heterocycles. The number of hydrogen-bond donors (Lipinski definition) is 1. The monoisotopic (exact) mass is 472 g/mol. The molecular weight excluding hydrogens is 448 g/mol. The molecule has 10 nitrogen and oxygen atoms in total. The van der Waals surface area contributed by atoms with Crippen LogP contribution in [0.25, 0.3) is 11.4 Å². The lowest BCUT2D eigenvalue weighted by Gasteiger charge is -2.26. The van der Waals surface area contributed by atoms with Crippen LogP contribution in [0.4, 0.5) is 5.69 Å². The van der Waals surface area contributed by atoms with Crippen LogP contribution in [0.2, 0.25) is 0 Å². The number of aromatic nitrogens is 2. The predicted molar refractivity (Wildman–Crippen MR) is 119 cm³/mol. The van der Waals surface area contributed by atoms with Crippen LogP contribution in [0.15, 0.2) is 51.9 Å². The Bertz CT molecular complexity index is 1250. The minimum atomic E-state index is -3.68. The van der Waals surface area contributed by atoms with Crippen LogP contribution in [0.5, 0.6) is 5.75 Å². The normalized spacial score (nSPS) is 14.7. The van der Waals surface area contributed by atoms with Gasteiger partial charge in [-0.25, -0.2) is 8.42 Å². The molecule has 3 aromatic rings. The second-order valence-corrected chi connectivity index (χ2v) is 9.40. The van der Waals surface area contributed by atoms with Gasteiger partial charge in [-0.15, -0.1) is 0 Å². The van der Waals surface area contributed by atoms with Gasteiger partial charge in [0.25, 0.3) is 5.91 Å². The zero-order valence-electron chi connectivity index (χ0n) is 18.3. The van der Waals surface area contributed by atoms with Gasteiger partial charge < -0.3 is 19.3 Å². The molecule has 0 atom stereocenters. The number of sulfonamides is 1. The maximum Gasteiger partial charge on any atom is 0.262 e. The fourth-order valence-electron chi connectivity index (χ4n) is 3.37. The first-order valence-corrected chi connectivity index (χ1v) is 11.8. The van der Waals surface area contributed by atoms with Crippen LogP contribution in [0, 0.1) is 13.8 Å². The second kappa shape index (κ2) is 9.69. The number of amides is 1. The number of carbonyl (C=O) groups is 1. The lowest BCUT2D eigenvalue weighted by atomic mass is 10.2. The van der Waals surface area contributed by atoms with Gasteiger partial charge in [0.05, 0.1) is 18.1 Å². The summed E-state index contributed by atoms with van der Waals surface area (Å²) in [6, 6.07) is 11.8. The first-order chi connectivity index (χ1) is 15.8. The number of aryl methyl sites for hydroxylation is 2.